The molecule has 3 rings (SSSR count). The summed E-state index contributed by atoms with van der Waals surface area (Å²) in [5.74, 6) is -0.155. The Kier molecular flexibility index (Phi) is 5.56. The second-order valence-electron chi connectivity index (χ2n) is 5.44. The first-order valence-corrected chi connectivity index (χ1v) is 8.47. The number of aromatic hydroxyl groups is 1. The van der Waals surface area contributed by atoms with Crippen LogP contribution in [-0.2, 0) is 0 Å². The molecule has 130 valence electrons. The van der Waals surface area contributed by atoms with Crippen LogP contribution in [0.1, 0.15) is 15.9 Å². The molecular weight excluding hydrogens is 371 g/mol. The first-order chi connectivity index (χ1) is 12.5. The van der Waals surface area contributed by atoms with Gasteiger partial charge in [0.05, 0.1) is 16.3 Å². The Hall–Kier alpha value is -2.82. The fourth-order valence-electron chi connectivity index (χ4n) is 2.24. The van der Waals surface area contributed by atoms with Crippen LogP contribution in [0.5, 0.6) is 5.75 Å². The normalized spacial score (nSPS) is 10.8. The van der Waals surface area contributed by atoms with Crippen molar-refractivity contribution in [2.75, 3.05) is 5.32 Å². The largest absolute Gasteiger partial charge is 0.507 e. The molecule has 0 fully saturated rings. The molecule has 0 aromatic heterocycles. The predicted octanol–water partition coefficient (Wildman–Crippen LogP) is 5.70. The van der Waals surface area contributed by atoms with Crippen molar-refractivity contribution in [2.24, 2.45) is 4.99 Å². The average molecular weight is 385 g/mol. The molecule has 0 spiro atoms. The van der Waals surface area contributed by atoms with E-state index in [0.717, 1.165) is 0 Å². The highest BCUT2D eigenvalue weighted by atomic mass is 35.5. The third-order valence-corrected chi connectivity index (χ3v) is 4.14. The number of para-hydroxylation sites is 1. The van der Waals surface area contributed by atoms with Gasteiger partial charge in [-0.1, -0.05) is 35.3 Å². The van der Waals surface area contributed by atoms with Crippen molar-refractivity contribution in [3.63, 3.8) is 0 Å². The van der Waals surface area contributed by atoms with Gasteiger partial charge in [-0.3, -0.25) is 9.79 Å². The van der Waals surface area contributed by atoms with Crippen molar-refractivity contribution in [2.45, 2.75) is 0 Å². The smallest absolute Gasteiger partial charge is 0.257 e. The van der Waals surface area contributed by atoms with E-state index < -0.39 is 0 Å². The molecule has 4 nitrogen and oxygen atoms in total. The Morgan fingerprint density at radius 2 is 1.73 bits per heavy atom. The zero-order chi connectivity index (χ0) is 18.5. The number of hydrogen-bond donors (Lipinski definition) is 2. The van der Waals surface area contributed by atoms with Gasteiger partial charge in [-0.05, 0) is 54.6 Å². The molecule has 3 aromatic rings. The van der Waals surface area contributed by atoms with E-state index in [1.807, 2.05) is 6.07 Å². The predicted molar refractivity (Wildman–Crippen MR) is 106 cm³/mol. The average Bonchev–Trinajstić information content (AvgIpc) is 2.62. The van der Waals surface area contributed by atoms with Gasteiger partial charge in [-0.25, -0.2) is 0 Å². The lowest BCUT2D eigenvalue weighted by molar-refractivity contribution is 0.102. The summed E-state index contributed by atoms with van der Waals surface area (Å²) in [5.41, 5.74) is 2.28. The molecular formula is C20H14Cl2N2O2. The van der Waals surface area contributed by atoms with E-state index in [4.69, 9.17) is 23.2 Å². The Labute approximate surface area is 160 Å². The topological polar surface area (TPSA) is 61.7 Å². The van der Waals surface area contributed by atoms with Gasteiger partial charge in [-0.15, -0.1) is 0 Å². The second kappa shape index (κ2) is 8.04. The molecule has 0 aliphatic carbocycles. The highest BCUT2D eigenvalue weighted by Gasteiger charge is 2.10. The summed E-state index contributed by atoms with van der Waals surface area (Å²) in [6.45, 7) is 0. The van der Waals surface area contributed by atoms with Gasteiger partial charge >= 0.3 is 0 Å². The first-order valence-electron chi connectivity index (χ1n) is 7.71. The van der Waals surface area contributed by atoms with Crippen LogP contribution < -0.4 is 5.32 Å². The number of nitrogens with zero attached hydrogens (tertiary/aromatic N) is 1. The lowest BCUT2D eigenvalue weighted by Gasteiger charge is -2.07. The number of anilines is 1. The van der Waals surface area contributed by atoms with Crippen LogP contribution in [0.4, 0.5) is 11.4 Å². The summed E-state index contributed by atoms with van der Waals surface area (Å²) in [6, 6.07) is 18.6. The van der Waals surface area contributed by atoms with E-state index in [9.17, 15) is 9.90 Å². The van der Waals surface area contributed by atoms with Crippen molar-refractivity contribution in [1.29, 1.82) is 0 Å². The lowest BCUT2D eigenvalue weighted by Crippen LogP contribution is -2.12. The minimum absolute atomic E-state index is 0.167. The van der Waals surface area contributed by atoms with Crippen molar-refractivity contribution >= 4 is 46.7 Å². The molecule has 0 bridgehead atoms. The van der Waals surface area contributed by atoms with Gasteiger partial charge in [0.25, 0.3) is 5.91 Å². The number of phenols is 1. The van der Waals surface area contributed by atoms with Crippen LogP contribution in [0, 0.1) is 0 Å². The third kappa shape index (κ3) is 4.42. The highest BCUT2D eigenvalue weighted by molar-refractivity contribution is 6.37. The van der Waals surface area contributed by atoms with Crippen molar-refractivity contribution < 1.29 is 9.90 Å². The number of benzene rings is 3. The van der Waals surface area contributed by atoms with Crippen molar-refractivity contribution in [1.82, 2.24) is 0 Å². The summed E-state index contributed by atoms with van der Waals surface area (Å²) in [6.07, 6.45) is 1.58. The van der Waals surface area contributed by atoms with Gasteiger partial charge in [0.1, 0.15) is 5.75 Å². The van der Waals surface area contributed by atoms with Gasteiger partial charge in [0.2, 0.25) is 0 Å². The molecule has 6 heteroatoms. The van der Waals surface area contributed by atoms with E-state index in [1.165, 1.54) is 6.07 Å². The number of carbonyl (C=O) groups excluding carboxylic acids is 1. The Bertz CT molecular complexity index is 970. The molecule has 0 aliphatic rings. The Morgan fingerprint density at radius 1 is 1.00 bits per heavy atom. The van der Waals surface area contributed by atoms with Crippen LogP contribution >= 0.6 is 23.2 Å². The molecule has 1 amide bonds. The number of aliphatic imine (C=N–C) groups is 1. The molecule has 3 aromatic carbocycles. The molecule has 0 saturated carbocycles. The number of carbonyl (C=O) groups is 1. The lowest BCUT2D eigenvalue weighted by atomic mass is 10.2. The molecule has 0 heterocycles. The first kappa shape index (κ1) is 18.0. The molecule has 0 radical (unpaired) electrons. The van der Waals surface area contributed by atoms with E-state index in [2.05, 4.69) is 10.3 Å². The third-order valence-electron chi connectivity index (χ3n) is 3.59. The zero-order valence-electron chi connectivity index (χ0n) is 13.5. The van der Waals surface area contributed by atoms with Crippen molar-refractivity contribution in [3.8, 4) is 5.75 Å². The highest BCUT2D eigenvalue weighted by Crippen LogP contribution is 2.23. The van der Waals surface area contributed by atoms with Gasteiger partial charge in [-0.2, -0.15) is 0 Å². The summed E-state index contributed by atoms with van der Waals surface area (Å²) in [4.78, 5) is 16.6. The maximum Gasteiger partial charge on any atom is 0.257 e. The number of hydrogen-bond acceptors (Lipinski definition) is 3. The monoisotopic (exact) mass is 384 g/mol. The number of amides is 1. The molecule has 0 saturated heterocycles. The summed E-state index contributed by atoms with van der Waals surface area (Å²) < 4.78 is 0. The fourth-order valence-corrected chi connectivity index (χ4v) is 2.74. The van der Waals surface area contributed by atoms with Crippen LogP contribution in [0.25, 0.3) is 0 Å². The summed E-state index contributed by atoms with van der Waals surface area (Å²) >= 11 is 11.9. The number of rotatable bonds is 4. The molecule has 26 heavy (non-hydrogen) atoms. The molecule has 0 aliphatic heterocycles. The SMILES string of the molecule is O=C(Nc1ccc(N=Cc2ccccc2O)cc1)c1ccc(Cl)cc1Cl. The minimum atomic E-state index is -0.322. The fraction of sp³-hybridized carbons (Fsp3) is 0. The van der Waals surface area contributed by atoms with Crippen molar-refractivity contribution in [3.05, 3.63) is 87.9 Å². The molecule has 0 unspecified atom stereocenters. The van der Waals surface area contributed by atoms with E-state index in [-0.39, 0.29) is 11.7 Å². The maximum atomic E-state index is 12.3. The van der Waals surface area contributed by atoms with Gasteiger partial charge in [0.15, 0.2) is 0 Å². The maximum absolute atomic E-state index is 12.3. The van der Waals surface area contributed by atoms with Crippen LogP contribution in [-0.4, -0.2) is 17.2 Å². The van der Waals surface area contributed by atoms with E-state index in [0.29, 0.717) is 32.5 Å². The van der Waals surface area contributed by atoms with E-state index >= 15 is 0 Å². The quantitative estimate of drug-likeness (QED) is 0.566. The standard InChI is InChI=1S/C20H14Cl2N2O2/c21-14-5-10-17(18(22)11-14)20(26)24-16-8-6-15(7-9-16)23-12-13-3-1-2-4-19(13)25/h1-12,25H,(H,24,26). The minimum Gasteiger partial charge on any atom is -0.507 e. The van der Waals surface area contributed by atoms with Crippen LogP contribution in [0.2, 0.25) is 10.0 Å². The molecule has 0 atom stereocenters. The molecule has 2 N–H and O–H groups in total. The number of halogens is 2. The van der Waals surface area contributed by atoms with Gasteiger partial charge in [0, 0.05) is 22.5 Å². The van der Waals surface area contributed by atoms with Crippen LogP contribution in [0.3, 0.4) is 0 Å². The zero-order valence-corrected chi connectivity index (χ0v) is 15.0. The van der Waals surface area contributed by atoms with E-state index in [1.54, 1.807) is 60.8 Å². The Morgan fingerprint density at radius 3 is 2.42 bits per heavy atom. The van der Waals surface area contributed by atoms with Gasteiger partial charge < -0.3 is 10.4 Å². The summed E-state index contributed by atoms with van der Waals surface area (Å²) in [7, 11) is 0. The summed E-state index contributed by atoms with van der Waals surface area (Å²) in [5, 5.41) is 13.3. The van der Waals surface area contributed by atoms with Crippen LogP contribution in [0.15, 0.2) is 71.7 Å². The number of nitrogens with one attached hydrogen (secondary N) is 1. The second-order valence-corrected chi connectivity index (χ2v) is 6.29. The Balaban J connectivity index is 1.69. The number of phenolic OH excluding ortho intramolecular Hbond substituents is 1.